The van der Waals surface area contributed by atoms with Crippen molar-refractivity contribution in [1.29, 1.82) is 0 Å². The van der Waals surface area contributed by atoms with Crippen LogP contribution in [0.4, 0.5) is 0 Å². The van der Waals surface area contributed by atoms with Gasteiger partial charge in [-0.25, -0.2) is 8.42 Å². The van der Waals surface area contributed by atoms with Crippen LogP contribution in [0.3, 0.4) is 0 Å². The van der Waals surface area contributed by atoms with Crippen molar-refractivity contribution in [2.75, 3.05) is 26.2 Å². The van der Waals surface area contributed by atoms with Gasteiger partial charge in [0.2, 0.25) is 10.0 Å². The molecule has 0 bridgehead atoms. The van der Waals surface area contributed by atoms with Crippen LogP contribution in [0.15, 0.2) is 29.2 Å². The van der Waals surface area contributed by atoms with Crippen molar-refractivity contribution in [3.05, 3.63) is 29.8 Å². The highest BCUT2D eigenvalue weighted by atomic mass is 32.2. The first-order valence-corrected chi connectivity index (χ1v) is 10.4. The van der Waals surface area contributed by atoms with Crippen LogP contribution in [0.5, 0.6) is 0 Å². The maximum absolute atomic E-state index is 12.4. The van der Waals surface area contributed by atoms with Crippen molar-refractivity contribution in [2.45, 2.75) is 38.6 Å². The second-order valence-electron chi connectivity index (χ2n) is 6.18. The molecular weight excluding hydrogens is 386 g/mol. The molecule has 28 heavy (non-hydrogen) atoms. The molecular formula is C18H27N3O6S. The predicted molar refractivity (Wildman–Crippen MR) is 103 cm³/mol. The molecule has 0 spiro atoms. The maximum atomic E-state index is 12.4. The largest absolute Gasteiger partial charge is 0.454 e. The molecule has 2 N–H and O–H groups in total. The summed E-state index contributed by atoms with van der Waals surface area (Å²) in [5, 5.41) is 4.93. The van der Waals surface area contributed by atoms with Gasteiger partial charge in [-0.2, -0.15) is 4.31 Å². The third-order valence-corrected chi connectivity index (χ3v) is 5.73. The summed E-state index contributed by atoms with van der Waals surface area (Å²) in [6.07, 6.45) is 0. The highest BCUT2D eigenvalue weighted by molar-refractivity contribution is 7.89. The maximum Gasteiger partial charge on any atom is 0.325 e. The number of benzene rings is 1. The summed E-state index contributed by atoms with van der Waals surface area (Å²) >= 11 is 0. The van der Waals surface area contributed by atoms with Crippen LogP contribution < -0.4 is 10.6 Å². The highest BCUT2D eigenvalue weighted by Crippen LogP contribution is 2.16. The number of sulfonamides is 1. The Balaban J connectivity index is 2.60. The number of hydrogen-bond donors (Lipinski definition) is 2. The quantitative estimate of drug-likeness (QED) is 0.539. The molecule has 0 unspecified atom stereocenters. The number of hydrogen-bond acceptors (Lipinski definition) is 6. The Labute approximate surface area is 165 Å². The normalized spacial score (nSPS) is 11.4. The van der Waals surface area contributed by atoms with E-state index in [1.54, 1.807) is 27.7 Å². The van der Waals surface area contributed by atoms with E-state index in [1.807, 2.05) is 0 Å². The molecule has 10 heteroatoms. The van der Waals surface area contributed by atoms with E-state index in [2.05, 4.69) is 10.6 Å². The van der Waals surface area contributed by atoms with E-state index < -0.39 is 41.0 Å². The number of amides is 2. The zero-order chi connectivity index (χ0) is 21.3. The van der Waals surface area contributed by atoms with E-state index >= 15 is 0 Å². The first-order valence-electron chi connectivity index (χ1n) is 8.95. The van der Waals surface area contributed by atoms with Gasteiger partial charge in [0.25, 0.3) is 11.8 Å². The molecule has 156 valence electrons. The van der Waals surface area contributed by atoms with Gasteiger partial charge in [0, 0.05) is 24.7 Å². The zero-order valence-electron chi connectivity index (χ0n) is 16.5. The Morgan fingerprint density at radius 3 is 2.14 bits per heavy atom. The molecule has 9 nitrogen and oxygen atoms in total. The van der Waals surface area contributed by atoms with Gasteiger partial charge < -0.3 is 15.4 Å². The fourth-order valence-corrected chi connectivity index (χ4v) is 3.76. The monoisotopic (exact) mass is 413 g/mol. The van der Waals surface area contributed by atoms with Crippen molar-refractivity contribution >= 4 is 27.8 Å². The van der Waals surface area contributed by atoms with Gasteiger partial charge in [-0.05, 0) is 38.1 Å². The topological polar surface area (TPSA) is 122 Å². The van der Waals surface area contributed by atoms with Gasteiger partial charge in [-0.1, -0.05) is 13.8 Å². The number of carbonyl (C=O) groups is 3. The molecule has 2 amide bonds. The molecule has 1 aromatic carbocycles. The lowest BCUT2D eigenvalue weighted by molar-refractivity contribution is -0.147. The van der Waals surface area contributed by atoms with Gasteiger partial charge in [-0.15, -0.1) is 0 Å². The van der Waals surface area contributed by atoms with Crippen LogP contribution in [0, 0.1) is 0 Å². The van der Waals surface area contributed by atoms with E-state index in [4.69, 9.17) is 4.74 Å². The highest BCUT2D eigenvalue weighted by Gasteiger charge is 2.21. The number of carbonyl (C=O) groups excluding carboxylic acids is 3. The number of ether oxygens (including phenoxy) is 1. The van der Waals surface area contributed by atoms with Gasteiger partial charge >= 0.3 is 5.97 Å². The van der Waals surface area contributed by atoms with E-state index in [-0.39, 0.29) is 16.5 Å². The predicted octanol–water partition coefficient (Wildman–Crippen LogP) is 0.515. The smallest absolute Gasteiger partial charge is 0.325 e. The standard InChI is InChI=1S/C18H27N3O6S/c1-5-21(6-2)28(25,26)15-9-7-14(8-10-15)18(24)19-11-17(23)27-12-16(22)20-13(3)4/h7-10,13H,5-6,11-12H2,1-4H3,(H,19,24)(H,20,22). The molecule has 0 saturated heterocycles. The third-order valence-electron chi connectivity index (χ3n) is 3.67. The van der Waals surface area contributed by atoms with Crippen LogP contribution in [0.25, 0.3) is 0 Å². The summed E-state index contributed by atoms with van der Waals surface area (Å²) in [5.74, 6) is -1.75. The van der Waals surface area contributed by atoms with Crippen molar-refractivity contribution in [1.82, 2.24) is 14.9 Å². The SMILES string of the molecule is CCN(CC)S(=O)(=O)c1ccc(C(=O)NCC(=O)OCC(=O)NC(C)C)cc1. The average Bonchev–Trinajstić information content (AvgIpc) is 2.64. The van der Waals surface area contributed by atoms with Crippen molar-refractivity contribution in [3.63, 3.8) is 0 Å². The molecule has 0 aromatic heterocycles. The van der Waals surface area contributed by atoms with Crippen molar-refractivity contribution in [3.8, 4) is 0 Å². The molecule has 0 saturated carbocycles. The summed E-state index contributed by atoms with van der Waals surface area (Å²) in [6.45, 7) is 6.90. The minimum Gasteiger partial charge on any atom is -0.454 e. The second-order valence-corrected chi connectivity index (χ2v) is 8.12. The van der Waals surface area contributed by atoms with Gasteiger partial charge in [0.1, 0.15) is 6.54 Å². The zero-order valence-corrected chi connectivity index (χ0v) is 17.3. The molecule has 1 aromatic rings. The van der Waals surface area contributed by atoms with Crippen LogP contribution in [0.1, 0.15) is 38.1 Å². The van der Waals surface area contributed by atoms with Crippen LogP contribution in [-0.2, 0) is 24.3 Å². The Bertz CT molecular complexity index is 786. The van der Waals surface area contributed by atoms with E-state index in [1.165, 1.54) is 28.6 Å². The van der Waals surface area contributed by atoms with Gasteiger partial charge in [-0.3, -0.25) is 14.4 Å². The van der Waals surface area contributed by atoms with Crippen LogP contribution in [-0.4, -0.2) is 62.8 Å². The Kier molecular flexibility index (Phi) is 9.07. The minimum absolute atomic E-state index is 0.0700. The summed E-state index contributed by atoms with van der Waals surface area (Å²) in [6, 6.07) is 5.36. The number of nitrogens with zero attached hydrogens (tertiary/aromatic N) is 1. The molecule has 0 fully saturated rings. The molecule has 0 atom stereocenters. The van der Waals surface area contributed by atoms with E-state index in [0.29, 0.717) is 13.1 Å². The lowest BCUT2D eigenvalue weighted by atomic mass is 10.2. The van der Waals surface area contributed by atoms with Crippen LogP contribution >= 0.6 is 0 Å². The molecule has 0 radical (unpaired) electrons. The lowest BCUT2D eigenvalue weighted by Gasteiger charge is -2.18. The summed E-state index contributed by atoms with van der Waals surface area (Å²) in [7, 11) is -3.60. The molecule has 1 rings (SSSR count). The molecule has 0 heterocycles. The number of rotatable bonds is 10. The Hall–Kier alpha value is -2.46. The summed E-state index contributed by atoms with van der Waals surface area (Å²) in [4.78, 5) is 35.2. The summed E-state index contributed by atoms with van der Waals surface area (Å²) < 4.78 is 30.9. The van der Waals surface area contributed by atoms with Crippen molar-refractivity contribution < 1.29 is 27.5 Å². The third kappa shape index (κ3) is 6.93. The molecule has 0 aliphatic carbocycles. The van der Waals surface area contributed by atoms with Crippen molar-refractivity contribution in [2.24, 2.45) is 0 Å². The van der Waals surface area contributed by atoms with Crippen LogP contribution in [0.2, 0.25) is 0 Å². The van der Waals surface area contributed by atoms with E-state index in [0.717, 1.165) is 0 Å². The van der Waals surface area contributed by atoms with Gasteiger partial charge in [0.05, 0.1) is 4.90 Å². The fourth-order valence-electron chi connectivity index (χ4n) is 2.31. The summed E-state index contributed by atoms with van der Waals surface area (Å²) in [5.41, 5.74) is 0.198. The van der Waals surface area contributed by atoms with Gasteiger partial charge in [0.15, 0.2) is 6.61 Å². The Morgan fingerprint density at radius 1 is 1.07 bits per heavy atom. The minimum atomic E-state index is -3.60. The fraction of sp³-hybridized carbons (Fsp3) is 0.500. The second kappa shape index (κ2) is 10.8. The Morgan fingerprint density at radius 2 is 1.64 bits per heavy atom. The lowest BCUT2D eigenvalue weighted by Crippen LogP contribution is -2.36. The first-order chi connectivity index (χ1) is 13.1. The molecule has 0 aliphatic rings. The number of esters is 1. The molecule has 0 aliphatic heterocycles. The van der Waals surface area contributed by atoms with E-state index in [9.17, 15) is 22.8 Å². The first kappa shape index (κ1) is 23.6. The number of nitrogens with one attached hydrogen (secondary N) is 2. The average molecular weight is 413 g/mol.